The number of carbonyl (C=O) groups excluding carboxylic acids is 3. The van der Waals surface area contributed by atoms with Gasteiger partial charge in [-0.25, -0.2) is 0 Å². The molecule has 1 rings (SSSR count). The zero-order valence-electron chi connectivity index (χ0n) is 17.4. The minimum Gasteiger partial charge on any atom is -0.480 e. The van der Waals surface area contributed by atoms with E-state index < -0.39 is 42.0 Å². The molecule has 1 heterocycles. The van der Waals surface area contributed by atoms with E-state index in [0.29, 0.717) is 25.8 Å². The lowest BCUT2D eigenvalue weighted by Crippen LogP contribution is -2.58. The Balaban J connectivity index is 2.95. The van der Waals surface area contributed by atoms with Crippen molar-refractivity contribution >= 4 is 23.7 Å². The number of amides is 3. The highest BCUT2D eigenvalue weighted by Crippen LogP contribution is 2.21. The second-order valence-electron chi connectivity index (χ2n) is 7.90. The molecule has 1 saturated heterocycles. The summed E-state index contributed by atoms with van der Waals surface area (Å²) < 4.78 is 0. The fourth-order valence-electron chi connectivity index (χ4n) is 3.09. The minimum atomic E-state index is -1.14. The maximum atomic E-state index is 13.2. The van der Waals surface area contributed by atoms with Gasteiger partial charge in [0.1, 0.15) is 18.1 Å². The van der Waals surface area contributed by atoms with E-state index >= 15 is 0 Å². The Morgan fingerprint density at radius 1 is 1.14 bits per heavy atom. The van der Waals surface area contributed by atoms with Gasteiger partial charge in [0, 0.05) is 6.54 Å². The van der Waals surface area contributed by atoms with Gasteiger partial charge in [0.25, 0.3) is 0 Å². The molecule has 1 aliphatic heterocycles. The van der Waals surface area contributed by atoms with E-state index in [4.69, 9.17) is 10.8 Å². The Bertz CT molecular complexity index is 595. The third-order valence-corrected chi connectivity index (χ3v) is 5.37. The number of nitrogens with zero attached hydrogens (tertiary/aromatic N) is 1. The van der Waals surface area contributed by atoms with Crippen molar-refractivity contribution in [2.24, 2.45) is 17.6 Å². The molecule has 0 saturated carbocycles. The lowest BCUT2D eigenvalue weighted by Gasteiger charge is -2.32. The highest BCUT2D eigenvalue weighted by atomic mass is 16.4. The summed E-state index contributed by atoms with van der Waals surface area (Å²) in [6.45, 7) is 9.20. The van der Waals surface area contributed by atoms with Gasteiger partial charge in [0.05, 0.1) is 6.04 Å². The molecule has 0 spiro atoms. The van der Waals surface area contributed by atoms with Crippen LogP contribution < -0.4 is 16.4 Å². The smallest absolute Gasteiger partial charge is 0.325 e. The van der Waals surface area contributed by atoms with Gasteiger partial charge >= 0.3 is 5.97 Å². The molecule has 0 bridgehead atoms. The largest absolute Gasteiger partial charge is 0.480 e. The van der Waals surface area contributed by atoms with Crippen molar-refractivity contribution < 1.29 is 24.3 Å². The van der Waals surface area contributed by atoms with Gasteiger partial charge in [-0.05, 0) is 31.6 Å². The lowest BCUT2D eigenvalue weighted by molar-refractivity contribution is -0.145. The highest BCUT2D eigenvalue weighted by Gasteiger charge is 2.40. The molecule has 9 nitrogen and oxygen atoms in total. The first kappa shape index (κ1) is 23.9. The van der Waals surface area contributed by atoms with Crippen molar-refractivity contribution in [1.29, 1.82) is 0 Å². The molecule has 0 radical (unpaired) electrons. The van der Waals surface area contributed by atoms with E-state index in [1.807, 2.05) is 27.7 Å². The zero-order valence-corrected chi connectivity index (χ0v) is 17.4. The number of likely N-dealkylation sites (tertiary alicyclic amines) is 1. The molecule has 5 unspecified atom stereocenters. The van der Waals surface area contributed by atoms with Gasteiger partial charge in [-0.2, -0.15) is 0 Å². The van der Waals surface area contributed by atoms with Crippen LogP contribution in [0.4, 0.5) is 0 Å². The van der Waals surface area contributed by atoms with Crippen molar-refractivity contribution in [2.45, 2.75) is 78.0 Å². The molecule has 3 amide bonds. The van der Waals surface area contributed by atoms with E-state index in [1.165, 1.54) is 11.8 Å². The molecule has 9 heteroatoms. The fourth-order valence-corrected chi connectivity index (χ4v) is 3.09. The summed E-state index contributed by atoms with van der Waals surface area (Å²) in [4.78, 5) is 50.5. The van der Waals surface area contributed by atoms with Crippen LogP contribution in [0.1, 0.15) is 53.9 Å². The number of carbonyl (C=O) groups is 4. The molecule has 160 valence electrons. The third kappa shape index (κ3) is 5.92. The first-order valence-electron chi connectivity index (χ1n) is 9.90. The molecule has 5 N–H and O–H groups in total. The number of carboxylic acids is 1. The number of carboxylic acid groups (broad SMARTS) is 1. The first-order valence-corrected chi connectivity index (χ1v) is 9.90. The molecule has 28 heavy (non-hydrogen) atoms. The molecule has 1 fully saturated rings. The van der Waals surface area contributed by atoms with Crippen molar-refractivity contribution in [1.82, 2.24) is 15.5 Å². The van der Waals surface area contributed by atoms with Crippen LogP contribution in [-0.4, -0.2) is 64.4 Å². The van der Waals surface area contributed by atoms with Crippen molar-refractivity contribution in [3.8, 4) is 0 Å². The predicted molar refractivity (Wildman–Crippen MR) is 104 cm³/mol. The lowest BCUT2D eigenvalue weighted by atomic mass is 9.96. The van der Waals surface area contributed by atoms with Gasteiger partial charge in [-0.15, -0.1) is 0 Å². The fraction of sp³-hybridized carbons (Fsp3) is 0.789. The van der Waals surface area contributed by atoms with E-state index in [-0.39, 0.29) is 17.7 Å². The molecule has 0 aromatic heterocycles. The van der Waals surface area contributed by atoms with Crippen molar-refractivity contribution in [2.75, 3.05) is 6.54 Å². The summed E-state index contributed by atoms with van der Waals surface area (Å²) >= 11 is 0. The van der Waals surface area contributed by atoms with Crippen LogP contribution in [0.25, 0.3) is 0 Å². The van der Waals surface area contributed by atoms with Crippen LogP contribution >= 0.6 is 0 Å². The SMILES string of the molecule is CCC(C)C(NC(=O)C(N)C(C)C)C(=O)N1CCCC1C(=O)NC(C)C(=O)O. The summed E-state index contributed by atoms with van der Waals surface area (Å²) in [7, 11) is 0. The van der Waals surface area contributed by atoms with E-state index in [2.05, 4.69) is 10.6 Å². The zero-order chi connectivity index (χ0) is 21.6. The van der Waals surface area contributed by atoms with Crippen LogP contribution in [0.2, 0.25) is 0 Å². The standard InChI is InChI=1S/C19H34N4O5/c1-6-11(4)15(22-17(25)14(20)10(2)3)18(26)23-9-7-8-13(23)16(24)21-12(5)19(27)28/h10-15H,6-9,20H2,1-5H3,(H,21,24)(H,22,25)(H,27,28). The average molecular weight is 399 g/mol. The first-order chi connectivity index (χ1) is 13.0. The summed E-state index contributed by atoms with van der Waals surface area (Å²) in [5.74, 6) is -2.58. The topological polar surface area (TPSA) is 142 Å². The third-order valence-electron chi connectivity index (χ3n) is 5.37. The summed E-state index contributed by atoms with van der Waals surface area (Å²) in [6.07, 6.45) is 1.75. The summed E-state index contributed by atoms with van der Waals surface area (Å²) in [5.41, 5.74) is 5.91. The Labute approximate surface area is 166 Å². The van der Waals surface area contributed by atoms with Crippen molar-refractivity contribution in [3.63, 3.8) is 0 Å². The molecule has 1 aliphatic rings. The molecular weight excluding hydrogens is 364 g/mol. The van der Waals surface area contributed by atoms with Gasteiger partial charge < -0.3 is 26.4 Å². The Kier molecular flexibility index (Phi) is 8.87. The second kappa shape index (κ2) is 10.4. The number of hydrogen-bond acceptors (Lipinski definition) is 5. The van der Waals surface area contributed by atoms with Crippen LogP contribution in [0.3, 0.4) is 0 Å². The molecule has 0 aliphatic carbocycles. The number of nitrogens with two attached hydrogens (primary N) is 1. The van der Waals surface area contributed by atoms with Crippen LogP contribution in [0, 0.1) is 11.8 Å². The van der Waals surface area contributed by atoms with Crippen LogP contribution in [0.15, 0.2) is 0 Å². The molecule has 5 atom stereocenters. The maximum Gasteiger partial charge on any atom is 0.325 e. The van der Waals surface area contributed by atoms with Crippen molar-refractivity contribution in [3.05, 3.63) is 0 Å². The Hall–Kier alpha value is -2.16. The molecule has 0 aromatic carbocycles. The van der Waals surface area contributed by atoms with E-state index in [0.717, 1.165) is 0 Å². The van der Waals surface area contributed by atoms with Gasteiger partial charge in [0.2, 0.25) is 17.7 Å². The minimum absolute atomic E-state index is 0.0736. The van der Waals surface area contributed by atoms with Crippen LogP contribution in [0.5, 0.6) is 0 Å². The summed E-state index contributed by atoms with van der Waals surface area (Å²) in [5, 5.41) is 14.2. The quantitative estimate of drug-likeness (QED) is 0.433. The van der Waals surface area contributed by atoms with E-state index in [9.17, 15) is 19.2 Å². The Morgan fingerprint density at radius 2 is 1.75 bits per heavy atom. The normalized spacial score (nSPS) is 21.0. The Morgan fingerprint density at radius 3 is 2.25 bits per heavy atom. The predicted octanol–water partition coefficient (Wildman–Crippen LogP) is 0.0809. The summed E-state index contributed by atoms with van der Waals surface area (Å²) in [6, 6.07) is -3.29. The number of rotatable bonds is 9. The molecular formula is C19H34N4O5. The monoisotopic (exact) mass is 398 g/mol. The number of aliphatic carboxylic acids is 1. The van der Waals surface area contributed by atoms with E-state index in [1.54, 1.807) is 0 Å². The van der Waals surface area contributed by atoms with Gasteiger partial charge in [-0.3, -0.25) is 19.2 Å². The highest BCUT2D eigenvalue weighted by molar-refractivity contribution is 5.94. The van der Waals surface area contributed by atoms with Gasteiger partial charge in [-0.1, -0.05) is 34.1 Å². The molecule has 0 aromatic rings. The number of hydrogen-bond donors (Lipinski definition) is 4. The van der Waals surface area contributed by atoms with Gasteiger partial charge in [0.15, 0.2) is 0 Å². The van der Waals surface area contributed by atoms with Crippen LogP contribution in [-0.2, 0) is 19.2 Å². The second-order valence-corrected chi connectivity index (χ2v) is 7.90. The average Bonchev–Trinajstić information content (AvgIpc) is 3.13. The maximum absolute atomic E-state index is 13.2. The number of nitrogens with one attached hydrogen (secondary N) is 2.